The smallest absolute Gasteiger partial charge is 0.354 e. The van der Waals surface area contributed by atoms with Gasteiger partial charge in [0.05, 0.1) is 25.3 Å². The number of ether oxygens (including phenoxy) is 2. The van der Waals surface area contributed by atoms with Crippen LogP contribution in [0.4, 0.5) is 4.39 Å². The van der Waals surface area contributed by atoms with E-state index in [1.807, 2.05) is 4.90 Å². The molecule has 2 aliphatic heterocycles. The summed E-state index contributed by atoms with van der Waals surface area (Å²) < 4.78 is 26.2. The summed E-state index contributed by atoms with van der Waals surface area (Å²) in [4.78, 5) is 39.4. The number of nitrogens with one attached hydrogen (secondary N) is 1. The second-order valence-electron chi connectivity index (χ2n) is 9.15. The van der Waals surface area contributed by atoms with Crippen molar-refractivity contribution < 1.29 is 43.6 Å². The Kier molecular flexibility index (Phi) is 8.09. The monoisotopic (exact) mass is 531 g/mol. The van der Waals surface area contributed by atoms with Gasteiger partial charge < -0.3 is 34.9 Å². The van der Waals surface area contributed by atoms with Gasteiger partial charge in [0.25, 0.3) is 11.8 Å². The van der Waals surface area contributed by atoms with E-state index in [1.165, 1.54) is 37.4 Å². The van der Waals surface area contributed by atoms with Crippen LogP contribution >= 0.6 is 0 Å². The Labute approximate surface area is 218 Å². The van der Waals surface area contributed by atoms with Crippen LogP contribution in [0.5, 0.6) is 5.75 Å². The lowest BCUT2D eigenvalue weighted by Gasteiger charge is -2.35. The molecule has 2 aromatic carbocycles. The van der Waals surface area contributed by atoms with Crippen LogP contribution in [0.25, 0.3) is 0 Å². The summed E-state index contributed by atoms with van der Waals surface area (Å²) in [6.07, 6.45) is -0.0230. The van der Waals surface area contributed by atoms with Crippen LogP contribution in [0, 0.1) is 5.82 Å². The van der Waals surface area contributed by atoms with Gasteiger partial charge in [-0.2, -0.15) is 0 Å². The first kappa shape index (κ1) is 27.6. The van der Waals surface area contributed by atoms with Gasteiger partial charge in [-0.1, -0.05) is 18.2 Å². The average Bonchev–Trinajstić information content (AvgIpc) is 3.26. The highest BCUT2D eigenvalue weighted by molar-refractivity contribution is 6.02. The molecule has 1 atom stereocenters. The van der Waals surface area contributed by atoms with Crippen LogP contribution in [0.1, 0.15) is 39.9 Å². The van der Waals surface area contributed by atoms with Crippen LogP contribution in [-0.2, 0) is 33.4 Å². The molecule has 4 rings (SSSR count). The lowest BCUT2D eigenvalue weighted by Crippen LogP contribution is -2.58. The highest BCUT2D eigenvalue weighted by atomic mass is 19.1. The van der Waals surface area contributed by atoms with Gasteiger partial charge in [0.15, 0.2) is 0 Å². The highest BCUT2D eigenvalue weighted by Crippen LogP contribution is 2.38. The SMILES string of the molecule is CNC(=O)C(O)(CCC=O)N1Cc2c(OC(O)(O)c3cccc(CN4CCOCC4)c3F)cccc2C1=O. The molecule has 1 fully saturated rings. The van der Waals surface area contributed by atoms with E-state index in [1.54, 1.807) is 6.07 Å². The molecule has 2 aromatic rings. The predicted molar refractivity (Wildman–Crippen MR) is 130 cm³/mol. The first-order valence-corrected chi connectivity index (χ1v) is 12.2. The molecule has 0 spiro atoms. The lowest BCUT2D eigenvalue weighted by molar-refractivity contribution is -0.305. The number of carbonyl (C=O) groups excluding carboxylic acids is 3. The van der Waals surface area contributed by atoms with Gasteiger partial charge in [0.1, 0.15) is 17.9 Å². The molecule has 2 heterocycles. The maximum absolute atomic E-state index is 15.4. The second kappa shape index (κ2) is 11.1. The van der Waals surface area contributed by atoms with Gasteiger partial charge in [-0.25, -0.2) is 4.39 Å². The Hall–Kier alpha value is -3.42. The van der Waals surface area contributed by atoms with Gasteiger partial charge in [0.2, 0.25) is 5.72 Å². The number of aldehydes is 1. The molecule has 0 saturated carbocycles. The molecule has 0 aliphatic carbocycles. The minimum atomic E-state index is -3.11. The van der Waals surface area contributed by atoms with Crippen LogP contribution in [0.15, 0.2) is 36.4 Å². The molecular weight excluding hydrogens is 501 g/mol. The molecular formula is C26H30FN3O8. The van der Waals surface area contributed by atoms with Gasteiger partial charge in [-0.05, 0) is 18.2 Å². The number of nitrogens with zero attached hydrogens (tertiary/aromatic N) is 2. The van der Waals surface area contributed by atoms with Crippen LogP contribution in [-0.4, -0.2) is 82.3 Å². The Morgan fingerprint density at radius 1 is 1.18 bits per heavy atom. The molecule has 12 heteroatoms. The minimum absolute atomic E-state index is 0.0493. The fourth-order valence-electron chi connectivity index (χ4n) is 4.69. The molecule has 1 saturated heterocycles. The number of amides is 2. The number of aliphatic hydroxyl groups is 3. The Bertz CT molecular complexity index is 1220. The van der Waals surface area contributed by atoms with Gasteiger partial charge in [-0.3, -0.25) is 19.4 Å². The zero-order valence-electron chi connectivity index (χ0n) is 20.9. The molecule has 0 bridgehead atoms. The summed E-state index contributed by atoms with van der Waals surface area (Å²) in [7, 11) is 1.28. The third-order valence-electron chi connectivity index (χ3n) is 6.75. The van der Waals surface area contributed by atoms with Gasteiger partial charge >= 0.3 is 5.97 Å². The van der Waals surface area contributed by atoms with Gasteiger partial charge in [0, 0.05) is 56.2 Å². The number of carbonyl (C=O) groups is 3. The highest BCUT2D eigenvalue weighted by Gasteiger charge is 2.48. The van der Waals surface area contributed by atoms with Crippen molar-refractivity contribution in [1.82, 2.24) is 15.1 Å². The van der Waals surface area contributed by atoms with E-state index < -0.39 is 34.9 Å². The van der Waals surface area contributed by atoms with Crippen LogP contribution in [0.3, 0.4) is 0 Å². The van der Waals surface area contributed by atoms with Crippen molar-refractivity contribution in [3.63, 3.8) is 0 Å². The number of benzene rings is 2. The minimum Gasteiger partial charge on any atom is -0.435 e. The fourth-order valence-corrected chi connectivity index (χ4v) is 4.69. The van der Waals surface area contributed by atoms with Crippen LogP contribution < -0.4 is 10.1 Å². The van der Waals surface area contributed by atoms with E-state index in [0.29, 0.717) is 32.6 Å². The lowest BCUT2D eigenvalue weighted by atomic mass is 10.0. The zero-order chi connectivity index (χ0) is 27.5. The molecule has 0 aromatic heterocycles. The molecule has 2 amide bonds. The largest absolute Gasteiger partial charge is 0.435 e. The maximum atomic E-state index is 15.4. The standard InChI is InChI=1S/C26H30FN3O8/c1-28-24(33)25(34,9-4-12-31)30-16-19-18(23(30)32)6-3-8-21(19)38-26(35,36)20-7-2-5-17(22(20)27)15-29-10-13-37-14-11-29/h2-3,5-8,12,34-36H,4,9-11,13-16H2,1H3,(H,28,33). The molecule has 1 unspecified atom stereocenters. The summed E-state index contributed by atoms with van der Waals surface area (Å²) in [5, 5.41) is 35.0. The number of fused-ring (bicyclic) bond motifs is 1. The number of morpholine rings is 1. The number of rotatable bonds is 10. The number of hydrogen-bond donors (Lipinski definition) is 4. The fraction of sp³-hybridized carbons (Fsp3) is 0.423. The normalized spacial score (nSPS) is 17.6. The zero-order valence-corrected chi connectivity index (χ0v) is 20.9. The summed E-state index contributed by atoms with van der Waals surface area (Å²) in [6.45, 7) is 2.17. The number of halogens is 1. The van der Waals surface area contributed by atoms with Crippen molar-refractivity contribution in [3.05, 3.63) is 64.5 Å². The van der Waals surface area contributed by atoms with E-state index in [4.69, 9.17) is 9.47 Å². The summed E-state index contributed by atoms with van der Waals surface area (Å²) in [5.41, 5.74) is -2.41. The Morgan fingerprint density at radius 3 is 2.58 bits per heavy atom. The molecule has 4 N–H and O–H groups in total. The van der Waals surface area contributed by atoms with E-state index in [-0.39, 0.29) is 48.4 Å². The van der Waals surface area contributed by atoms with E-state index in [9.17, 15) is 29.7 Å². The second-order valence-corrected chi connectivity index (χ2v) is 9.15. The summed E-state index contributed by atoms with van der Waals surface area (Å²) in [5.74, 6) is -5.72. The van der Waals surface area contributed by atoms with Crippen molar-refractivity contribution >= 4 is 18.1 Å². The summed E-state index contributed by atoms with van der Waals surface area (Å²) in [6, 6.07) is 8.41. The molecule has 2 aliphatic rings. The number of likely N-dealkylation sites (N-methyl/N-ethyl adjacent to an activating group) is 1. The Morgan fingerprint density at radius 2 is 1.89 bits per heavy atom. The molecule has 11 nitrogen and oxygen atoms in total. The van der Waals surface area contributed by atoms with E-state index >= 15 is 4.39 Å². The van der Waals surface area contributed by atoms with Gasteiger partial charge in [-0.15, -0.1) is 0 Å². The quantitative estimate of drug-likeness (QED) is 0.249. The summed E-state index contributed by atoms with van der Waals surface area (Å²) >= 11 is 0. The van der Waals surface area contributed by atoms with Crippen molar-refractivity contribution in [2.24, 2.45) is 0 Å². The van der Waals surface area contributed by atoms with Crippen molar-refractivity contribution in [2.75, 3.05) is 33.4 Å². The van der Waals surface area contributed by atoms with Crippen molar-refractivity contribution in [1.29, 1.82) is 0 Å². The maximum Gasteiger partial charge on any atom is 0.354 e. The number of hydrogen-bond acceptors (Lipinski definition) is 9. The predicted octanol–water partition coefficient (Wildman–Crippen LogP) is 0.201. The molecule has 204 valence electrons. The third kappa shape index (κ3) is 5.26. The van der Waals surface area contributed by atoms with Crippen molar-refractivity contribution in [2.45, 2.75) is 37.6 Å². The van der Waals surface area contributed by atoms with Crippen LogP contribution in [0.2, 0.25) is 0 Å². The topological polar surface area (TPSA) is 149 Å². The Balaban J connectivity index is 1.61. The first-order valence-electron chi connectivity index (χ1n) is 12.2. The average molecular weight is 532 g/mol. The molecule has 0 radical (unpaired) electrons. The van der Waals surface area contributed by atoms with Crippen molar-refractivity contribution in [3.8, 4) is 5.75 Å². The third-order valence-corrected chi connectivity index (χ3v) is 6.75. The first-order chi connectivity index (χ1) is 18.1. The van der Waals surface area contributed by atoms with E-state index in [2.05, 4.69) is 5.32 Å². The van der Waals surface area contributed by atoms with E-state index in [0.717, 1.165) is 4.90 Å². The molecule has 38 heavy (non-hydrogen) atoms.